The van der Waals surface area contributed by atoms with Crippen molar-refractivity contribution in [2.75, 3.05) is 26.7 Å². The first kappa shape index (κ1) is 23.2. The van der Waals surface area contributed by atoms with Crippen LogP contribution in [-0.4, -0.2) is 53.1 Å². The Hall–Kier alpha value is -2.10. The van der Waals surface area contributed by atoms with Gasteiger partial charge in [0.25, 0.3) is 0 Å². The maximum absolute atomic E-state index is 11.9. The summed E-state index contributed by atoms with van der Waals surface area (Å²) in [6.07, 6.45) is 7.19. The van der Waals surface area contributed by atoms with Gasteiger partial charge in [0.2, 0.25) is 0 Å². The molecule has 7 nitrogen and oxygen atoms in total. The summed E-state index contributed by atoms with van der Waals surface area (Å²) in [4.78, 5) is 22.6. The summed E-state index contributed by atoms with van der Waals surface area (Å²) in [6.45, 7) is 5.44. The van der Waals surface area contributed by atoms with Gasteiger partial charge in [-0.2, -0.15) is 0 Å². The van der Waals surface area contributed by atoms with Gasteiger partial charge in [-0.1, -0.05) is 24.3 Å². The summed E-state index contributed by atoms with van der Waals surface area (Å²) < 4.78 is 7.20. The fraction of sp³-hybridized carbons (Fsp3) is 0.476. The van der Waals surface area contributed by atoms with Crippen LogP contribution in [0.4, 0.5) is 0 Å². The maximum Gasteiger partial charge on any atom is 0.309 e. The van der Waals surface area contributed by atoms with Crippen LogP contribution in [0.15, 0.2) is 48.0 Å². The number of esters is 1. The van der Waals surface area contributed by atoms with E-state index in [9.17, 15) is 4.79 Å². The number of aliphatic imine (C=N–C) groups is 1. The molecule has 0 amide bonds. The van der Waals surface area contributed by atoms with E-state index in [1.807, 2.05) is 19.4 Å². The normalized spacial score (nSPS) is 15.0. The second-order valence-corrected chi connectivity index (χ2v) is 6.97. The average molecular weight is 511 g/mol. The molecule has 0 atom stereocenters. The summed E-state index contributed by atoms with van der Waals surface area (Å²) in [5.74, 6) is 0.816. The Kier molecular flexibility index (Phi) is 9.43. The number of benzene rings is 1. The zero-order valence-corrected chi connectivity index (χ0v) is 19.4. The van der Waals surface area contributed by atoms with Crippen LogP contribution in [-0.2, 0) is 22.6 Å². The molecule has 1 fully saturated rings. The van der Waals surface area contributed by atoms with Crippen molar-refractivity contribution >= 4 is 35.9 Å². The van der Waals surface area contributed by atoms with Crippen molar-refractivity contribution in [3.63, 3.8) is 0 Å². The first-order chi connectivity index (χ1) is 13.7. The summed E-state index contributed by atoms with van der Waals surface area (Å²) in [6, 6.07) is 8.52. The van der Waals surface area contributed by atoms with E-state index in [2.05, 4.69) is 49.0 Å². The van der Waals surface area contributed by atoms with Gasteiger partial charge in [0.1, 0.15) is 0 Å². The highest BCUT2D eigenvalue weighted by molar-refractivity contribution is 14.0. The van der Waals surface area contributed by atoms with E-state index < -0.39 is 0 Å². The number of hydrogen-bond acceptors (Lipinski definition) is 4. The van der Waals surface area contributed by atoms with Crippen molar-refractivity contribution in [3.8, 4) is 0 Å². The van der Waals surface area contributed by atoms with Gasteiger partial charge in [0.05, 0.1) is 18.9 Å². The first-order valence-electron chi connectivity index (χ1n) is 9.85. The van der Waals surface area contributed by atoms with Gasteiger partial charge < -0.3 is 19.5 Å². The molecule has 0 spiro atoms. The number of nitrogens with zero attached hydrogens (tertiary/aromatic N) is 4. The Bertz CT molecular complexity index is 786. The summed E-state index contributed by atoms with van der Waals surface area (Å²) in [5, 5.41) is 3.45. The third-order valence-electron chi connectivity index (χ3n) is 4.99. The molecule has 158 valence electrons. The number of hydrogen-bond donors (Lipinski definition) is 1. The average Bonchev–Trinajstić information content (AvgIpc) is 3.22. The number of rotatable bonds is 6. The van der Waals surface area contributed by atoms with Gasteiger partial charge in [-0.3, -0.25) is 9.79 Å². The molecule has 8 heteroatoms. The number of piperidine rings is 1. The van der Waals surface area contributed by atoms with Gasteiger partial charge >= 0.3 is 5.97 Å². The predicted molar refractivity (Wildman–Crippen MR) is 124 cm³/mol. The Balaban J connectivity index is 0.00000300. The number of carbonyl (C=O) groups excluding carboxylic acids is 1. The summed E-state index contributed by atoms with van der Waals surface area (Å²) >= 11 is 0. The van der Waals surface area contributed by atoms with Crippen LogP contribution in [0.25, 0.3) is 0 Å². The SMILES string of the molecule is CCOC(=O)C1CCN(C(=NC)NCc2cccc(Cn3ccnc3)c2)CC1.I. The van der Waals surface area contributed by atoms with Crippen LogP contribution < -0.4 is 5.32 Å². The molecule has 2 heterocycles. The number of nitrogens with one attached hydrogen (secondary N) is 1. The minimum Gasteiger partial charge on any atom is -0.466 e. The molecule has 0 aliphatic carbocycles. The number of ether oxygens (including phenoxy) is 1. The second-order valence-electron chi connectivity index (χ2n) is 6.97. The number of imidazole rings is 1. The lowest BCUT2D eigenvalue weighted by Crippen LogP contribution is -2.46. The van der Waals surface area contributed by atoms with Crippen molar-refractivity contribution in [2.45, 2.75) is 32.9 Å². The van der Waals surface area contributed by atoms with Crippen LogP contribution in [0, 0.1) is 5.92 Å². The van der Waals surface area contributed by atoms with Crippen molar-refractivity contribution in [3.05, 3.63) is 54.1 Å². The van der Waals surface area contributed by atoms with Crippen LogP contribution in [0.2, 0.25) is 0 Å². The van der Waals surface area contributed by atoms with E-state index in [4.69, 9.17) is 4.74 Å². The number of guanidine groups is 1. The van der Waals surface area contributed by atoms with Gasteiger partial charge in [0, 0.05) is 45.6 Å². The number of aromatic nitrogens is 2. The molecule has 1 saturated heterocycles. The van der Waals surface area contributed by atoms with Gasteiger partial charge in [-0.15, -0.1) is 24.0 Å². The van der Waals surface area contributed by atoms with Gasteiger partial charge in [-0.25, -0.2) is 4.98 Å². The Morgan fingerprint density at radius 3 is 2.72 bits per heavy atom. The highest BCUT2D eigenvalue weighted by atomic mass is 127. The van der Waals surface area contributed by atoms with E-state index >= 15 is 0 Å². The van der Waals surface area contributed by atoms with Crippen molar-refractivity contribution in [1.82, 2.24) is 19.8 Å². The molecular weight excluding hydrogens is 481 g/mol. The number of carbonyl (C=O) groups is 1. The molecule has 0 bridgehead atoms. The third-order valence-corrected chi connectivity index (χ3v) is 4.99. The lowest BCUT2D eigenvalue weighted by Gasteiger charge is -2.33. The molecule has 1 aliphatic heterocycles. The molecule has 0 radical (unpaired) electrons. The van der Waals surface area contributed by atoms with Crippen molar-refractivity contribution in [2.24, 2.45) is 10.9 Å². The molecular formula is C21H30IN5O2. The molecule has 0 saturated carbocycles. The predicted octanol–water partition coefficient (Wildman–Crippen LogP) is 2.90. The zero-order valence-electron chi connectivity index (χ0n) is 17.1. The lowest BCUT2D eigenvalue weighted by molar-refractivity contribution is -0.149. The van der Waals surface area contributed by atoms with E-state index in [1.54, 1.807) is 13.2 Å². The molecule has 1 N–H and O–H groups in total. The van der Waals surface area contributed by atoms with Crippen LogP contribution >= 0.6 is 24.0 Å². The lowest BCUT2D eigenvalue weighted by atomic mass is 9.97. The van der Waals surface area contributed by atoms with E-state index in [-0.39, 0.29) is 35.9 Å². The fourth-order valence-corrected chi connectivity index (χ4v) is 3.53. The maximum atomic E-state index is 11.9. The zero-order chi connectivity index (χ0) is 19.8. The van der Waals surface area contributed by atoms with E-state index in [0.29, 0.717) is 13.2 Å². The van der Waals surface area contributed by atoms with E-state index in [1.165, 1.54) is 11.1 Å². The third kappa shape index (κ3) is 6.73. The van der Waals surface area contributed by atoms with Crippen molar-refractivity contribution < 1.29 is 9.53 Å². The molecule has 3 rings (SSSR count). The van der Waals surface area contributed by atoms with Crippen LogP contribution in [0.1, 0.15) is 30.9 Å². The second kappa shape index (κ2) is 11.8. The molecule has 0 unspecified atom stereocenters. The molecule has 1 aromatic heterocycles. The standard InChI is InChI=1S/C21H29N5O2.HI/c1-3-28-20(27)19-7-10-26(11-8-19)21(22-2)24-14-17-5-4-6-18(13-17)15-25-12-9-23-16-25;/h4-6,9,12-13,16,19H,3,7-8,10-11,14-15H2,1-2H3,(H,22,24);1H. The molecule has 1 aromatic carbocycles. The van der Waals surface area contributed by atoms with Crippen LogP contribution in [0.3, 0.4) is 0 Å². The molecule has 1 aliphatic rings. The highest BCUT2D eigenvalue weighted by Crippen LogP contribution is 2.19. The minimum absolute atomic E-state index is 0. The van der Waals surface area contributed by atoms with Gasteiger partial charge in [0.15, 0.2) is 5.96 Å². The minimum atomic E-state index is -0.0696. The highest BCUT2D eigenvalue weighted by Gasteiger charge is 2.27. The first-order valence-corrected chi connectivity index (χ1v) is 9.85. The van der Waals surface area contributed by atoms with E-state index in [0.717, 1.165) is 38.4 Å². The van der Waals surface area contributed by atoms with Crippen molar-refractivity contribution in [1.29, 1.82) is 0 Å². The number of likely N-dealkylation sites (tertiary alicyclic amines) is 1. The Labute approximate surface area is 189 Å². The monoisotopic (exact) mass is 511 g/mol. The Morgan fingerprint density at radius 2 is 2.07 bits per heavy atom. The summed E-state index contributed by atoms with van der Waals surface area (Å²) in [5.41, 5.74) is 2.45. The molecule has 29 heavy (non-hydrogen) atoms. The summed E-state index contributed by atoms with van der Waals surface area (Å²) in [7, 11) is 1.80. The quantitative estimate of drug-likeness (QED) is 0.280. The van der Waals surface area contributed by atoms with Gasteiger partial charge in [-0.05, 0) is 30.9 Å². The smallest absolute Gasteiger partial charge is 0.309 e. The largest absolute Gasteiger partial charge is 0.466 e. The Morgan fingerprint density at radius 1 is 1.31 bits per heavy atom. The molecule has 2 aromatic rings. The number of halogens is 1. The fourth-order valence-electron chi connectivity index (χ4n) is 3.53. The van der Waals surface area contributed by atoms with Crippen LogP contribution in [0.5, 0.6) is 0 Å². The topological polar surface area (TPSA) is 71.8 Å².